The molecule has 112 valence electrons. The topological polar surface area (TPSA) is 90.0 Å². The average Bonchev–Trinajstić information content (AvgIpc) is 2.49. The van der Waals surface area contributed by atoms with E-state index in [0.29, 0.717) is 23.9 Å². The first-order valence-corrected chi connectivity index (χ1v) is 7.55. The fraction of sp³-hybridized carbons (Fsp3) is 0.357. The number of nitrogens with two attached hydrogens (primary N) is 1. The molecule has 0 aliphatic carbocycles. The van der Waals surface area contributed by atoms with Gasteiger partial charge in [-0.3, -0.25) is 19.6 Å². The van der Waals surface area contributed by atoms with Gasteiger partial charge in [0.15, 0.2) is 0 Å². The summed E-state index contributed by atoms with van der Waals surface area (Å²) in [5, 5.41) is 0.606. The van der Waals surface area contributed by atoms with E-state index in [1.807, 2.05) is 12.1 Å². The van der Waals surface area contributed by atoms with Crippen molar-refractivity contribution in [3.63, 3.8) is 0 Å². The van der Waals surface area contributed by atoms with Crippen LogP contribution in [0.4, 0.5) is 0 Å². The molecule has 6 nitrogen and oxygen atoms in total. The van der Waals surface area contributed by atoms with Crippen LogP contribution in [-0.4, -0.2) is 15.5 Å². The van der Waals surface area contributed by atoms with Gasteiger partial charge in [0, 0.05) is 17.4 Å². The lowest BCUT2D eigenvalue weighted by Gasteiger charge is -2.06. The molecule has 0 aliphatic rings. The van der Waals surface area contributed by atoms with Crippen LogP contribution in [0.2, 0.25) is 0 Å². The Labute approximate surface area is 130 Å². The third kappa shape index (κ3) is 4.12. The molecule has 0 bridgehead atoms. The van der Waals surface area contributed by atoms with Crippen molar-refractivity contribution in [1.29, 1.82) is 0 Å². The maximum Gasteiger partial charge on any atom is 0.261 e. The molecule has 1 aromatic heterocycles. The van der Waals surface area contributed by atoms with E-state index in [0.717, 1.165) is 23.7 Å². The van der Waals surface area contributed by atoms with Gasteiger partial charge in [-0.15, -0.1) is 0 Å². The lowest BCUT2D eigenvalue weighted by molar-refractivity contribution is -0.121. The molecule has 2 rings (SSSR count). The molecule has 1 aromatic carbocycles. The van der Waals surface area contributed by atoms with E-state index in [4.69, 9.17) is 5.84 Å². The maximum absolute atomic E-state index is 12.3. The third-order valence-electron chi connectivity index (χ3n) is 3.25. The van der Waals surface area contributed by atoms with E-state index < -0.39 is 0 Å². The van der Waals surface area contributed by atoms with Crippen LogP contribution in [0.15, 0.2) is 33.8 Å². The zero-order valence-corrected chi connectivity index (χ0v) is 13.1. The fourth-order valence-corrected chi connectivity index (χ4v) is 2.47. The van der Waals surface area contributed by atoms with E-state index >= 15 is 0 Å². The molecule has 2 aromatic rings. The van der Waals surface area contributed by atoms with Gasteiger partial charge in [-0.2, -0.15) is 0 Å². The fourth-order valence-electron chi connectivity index (χ4n) is 2.11. The number of fused-ring (bicyclic) bond motifs is 1. The largest absolute Gasteiger partial charge is 0.299 e. The number of hydrogen-bond donors (Lipinski definition) is 2. The minimum absolute atomic E-state index is 0.0407. The molecule has 0 atom stereocenters. The Kier molecular flexibility index (Phi) is 5.46. The van der Waals surface area contributed by atoms with Gasteiger partial charge in [-0.1, -0.05) is 22.4 Å². The highest BCUT2D eigenvalue weighted by Gasteiger charge is 2.05. The van der Waals surface area contributed by atoms with Crippen molar-refractivity contribution in [1.82, 2.24) is 15.0 Å². The van der Waals surface area contributed by atoms with E-state index in [2.05, 4.69) is 26.3 Å². The van der Waals surface area contributed by atoms with Crippen molar-refractivity contribution < 1.29 is 4.79 Å². The highest BCUT2D eigenvalue weighted by molar-refractivity contribution is 9.10. The zero-order valence-electron chi connectivity index (χ0n) is 11.5. The summed E-state index contributed by atoms with van der Waals surface area (Å²) < 4.78 is 2.47. The monoisotopic (exact) mass is 352 g/mol. The number of carbonyl (C=O) groups excluding carboxylic acids is 1. The van der Waals surface area contributed by atoms with Gasteiger partial charge < -0.3 is 0 Å². The van der Waals surface area contributed by atoms with Gasteiger partial charge in [0.25, 0.3) is 5.56 Å². The highest BCUT2D eigenvalue weighted by Crippen LogP contribution is 2.15. The van der Waals surface area contributed by atoms with Crippen molar-refractivity contribution >= 4 is 32.7 Å². The Morgan fingerprint density at radius 2 is 2.14 bits per heavy atom. The number of aromatic nitrogens is 2. The summed E-state index contributed by atoms with van der Waals surface area (Å²) in [6, 6.07) is 5.46. The minimum atomic E-state index is -0.163. The summed E-state index contributed by atoms with van der Waals surface area (Å²) >= 11 is 3.36. The quantitative estimate of drug-likeness (QED) is 0.358. The van der Waals surface area contributed by atoms with Crippen LogP contribution in [0.5, 0.6) is 0 Å². The van der Waals surface area contributed by atoms with Gasteiger partial charge >= 0.3 is 0 Å². The Balaban J connectivity index is 1.98. The molecule has 0 saturated heterocycles. The van der Waals surface area contributed by atoms with Crippen molar-refractivity contribution in [3.8, 4) is 0 Å². The predicted octanol–water partition coefficient (Wildman–Crippen LogP) is 1.71. The minimum Gasteiger partial charge on any atom is -0.299 e. The molecule has 0 aliphatic heterocycles. The molecule has 7 heteroatoms. The van der Waals surface area contributed by atoms with Gasteiger partial charge in [-0.25, -0.2) is 10.8 Å². The summed E-state index contributed by atoms with van der Waals surface area (Å²) in [6.07, 6.45) is 4.42. The number of unbranched alkanes of at least 4 members (excludes halogenated alkanes) is 2. The summed E-state index contributed by atoms with van der Waals surface area (Å²) in [5.41, 5.74) is 2.75. The van der Waals surface area contributed by atoms with Crippen LogP contribution >= 0.6 is 15.9 Å². The number of halogens is 1. The molecular formula is C14H17BrN4O2. The van der Waals surface area contributed by atoms with Gasteiger partial charge in [0.2, 0.25) is 5.91 Å². The molecule has 1 amide bonds. The standard InChI is InChI=1S/C14H17BrN4O2/c15-10-5-6-12-11(8-10)14(21)19(9-17-12)7-3-1-2-4-13(20)18-16/h5-6,8-9H,1-4,7,16H2,(H,18,20). The molecule has 0 fully saturated rings. The first-order chi connectivity index (χ1) is 10.1. The van der Waals surface area contributed by atoms with E-state index in [-0.39, 0.29) is 11.5 Å². The molecule has 0 radical (unpaired) electrons. The Bertz CT molecular complexity index is 699. The number of carbonyl (C=O) groups is 1. The lowest BCUT2D eigenvalue weighted by Crippen LogP contribution is -2.29. The van der Waals surface area contributed by atoms with E-state index in [1.165, 1.54) is 0 Å². The molecule has 21 heavy (non-hydrogen) atoms. The Hall–Kier alpha value is -1.73. The highest BCUT2D eigenvalue weighted by atomic mass is 79.9. The lowest BCUT2D eigenvalue weighted by atomic mass is 10.2. The Morgan fingerprint density at radius 3 is 2.90 bits per heavy atom. The van der Waals surface area contributed by atoms with Crippen LogP contribution in [0.25, 0.3) is 10.9 Å². The van der Waals surface area contributed by atoms with Gasteiger partial charge in [-0.05, 0) is 31.0 Å². The second-order valence-electron chi connectivity index (χ2n) is 4.78. The van der Waals surface area contributed by atoms with Crippen molar-refractivity contribution in [2.24, 2.45) is 5.84 Å². The molecular weight excluding hydrogens is 336 g/mol. The third-order valence-corrected chi connectivity index (χ3v) is 3.74. The maximum atomic E-state index is 12.3. The van der Waals surface area contributed by atoms with Gasteiger partial charge in [0.05, 0.1) is 17.2 Å². The summed E-state index contributed by atoms with van der Waals surface area (Å²) in [4.78, 5) is 27.6. The first kappa shape index (κ1) is 15.7. The summed E-state index contributed by atoms with van der Waals surface area (Å²) in [5.74, 6) is 4.84. The van der Waals surface area contributed by atoms with Crippen molar-refractivity contribution in [2.75, 3.05) is 0 Å². The normalized spacial score (nSPS) is 10.8. The smallest absolute Gasteiger partial charge is 0.261 e. The number of hydrogen-bond acceptors (Lipinski definition) is 4. The molecule has 3 N–H and O–H groups in total. The second kappa shape index (κ2) is 7.33. The number of benzene rings is 1. The van der Waals surface area contributed by atoms with Gasteiger partial charge in [0.1, 0.15) is 0 Å². The number of rotatable bonds is 6. The number of nitrogens with zero attached hydrogens (tertiary/aromatic N) is 2. The molecule has 1 heterocycles. The molecule has 0 spiro atoms. The molecule has 0 saturated carbocycles. The number of hydrazine groups is 1. The van der Waals surface area contributed by atoms with Crippen molar-refractivity contribution in [3.05, 3.63) is 39.4 Å². The van der Waals surface area contributed by atoms with Crippen LogP contribution in [-0.2, 0) is 11.3 Å². The van der Waals surface area contributed by atoms with Crippen LogP contribution in [0.3, 0.4) is 0 Å². The first-order valence-electron chi connectivity index (χ1n) is 6.76. The van der Waals surface area contributed by atoms with Crippen LogP contribution < -0.4 is 16.8 Å². The van der Waals surface area contributed by atoms with Crippen molar-refractivity contribution in [2.45, 2.75) is 32.2 Å². The summed E-state index contributed by atoms with van der Waals surface area (Å²) in [6.45, 7) is 0.596. The Morgan fingerprint density at radius 1 is 1.33 bits per heavy atom. The van der Waals surface area contributed by atoms with E-state index in [9.17, 15) is 9.59 Å². The summed E-state index contributed by atoms with van der Waals surface area (Å²) in [7, 11) is 0. The number of amides is 1. The van der Waals surface area contributed by atoms with E-state index in [1.54, 1.807) is 17.0 Å². The van der Waals surface area contributed by atoms with Crippen LogP contribution in [0.1, 0.15) is 25.7 Å². The molecule has 0 unspecified atom stereocenters. The van der Waals surface area contributed by atoms with Crippen LogP contribution in [0, 0.1) is 0 Å². The SMILES string of the molecule is NNC(=O)CCCCCn1cnc2ccc(Br)cc2c1=O. The zero-order chi connectivity index (χ0) is 15.2. The number of aryl methyl sites for hydroxylation is 1. The number of nitrogens with one attached hydrogen (secondary N) is 1. The second-order valence-corrected chi connectivity index (χ2v) is 5.70. The average molecular weight is 353 g/mol. The predicted molar refractivity (Wildman–Crippen MR) is 84.5 cm³/mol.